The standard InChI is InChI=1S/C25H18Cl3N3O3/c1-13-6-11-17(12-14(13)2)31-24(33)21(28)22(25(31)34)29-16-9-7-15(8-10-16)23(32)30-19-5-3-4-18(26)20(19)27/h3-12,29H,1-2H3,(H,30,32). The lowest BCUT2D eigenvalue weighted by molar-refractivity contribution is -0.120. The van der Waals surface area contributed by atoms with Gasteiger partial charge in [-0.3, -0.25) is 14.4 Å². The van der Waals surface area contributed by atoms with Crippen molar-refractivity contribution < 1.29 is 14.4 Å². The van der Waals surface area contributed by atoms with Crippen LogP contribution in [0.15, 0.2) is 71.4 Å². The van der Waals surface area contributed by atoms with Crippen molar-refractivity contribution in [3.63, 3.8) is 0 Å². The molecule has 0 radical (unpaired) electrons. The molecule has 0 aromatic heterocycles. The maximum atomic E-state index is 13.0. The molecule has 0 atom stereocenters. The van der Waals surface area contributed by atoms with E-state index in [1.54, 1.807) is 54.6 Å². The predicted octanol–water partition coefficient (Wildman–Crippen LogP) is 6.30. The first-order valence-corrected chi connectivity index (χ1v) is 11.3. The van der Waals surface area contributed by atoms with Crippen molar-refractivity contribution >= 4 is 69.6 Å². The minimum absolute atomic E-state index is 0.0344. The van der Waals surface area contributed by atoms with Crippen molar-refractivity contribution in [3.05, 3.63) is 98.1 Å². The van der Waals surface area contributed by atoms with Gasteiger partial charge in [0.2, 0.25) is 0 Å². The smallest absolute Gasteiger partial charge is 0.283 e. The molecule has 34 heavy (non-hydrogen) atoms. The predicted molar refractivity (Wildman–Crippen MR) is 136 cm³/mol. The lowest BCUT2D eigenvalue weighted by Gasteiger charge is -2.16. The molecule has 4 rings (SSSR count). The third kappa shape index (κ3) is 4.53. The molecule has 1 aliphatic heterocycles. The molecule has 1 heterocycles. The van der Waals surface area contributed by atoms with Crippen molar-refractivity contribution in [1.29, 1.82) is 0 Å². The summed E-state index contributed by atoms with van der Waals surface area (Å²) in [6.45, 7) is 3.84. The van der Waals surface area contributed by atoms with Crippen LogP contribution in [0.1, 0.15) is 21.5 Å². The van der Waals surface area contributed by atoms with Gasteiger partial charge in [-0.1, -0.05) is 46.9 Å². The summed E-state index contributed by atoms with van der Waals surface area (Å²) in [5.74, 6) is -1.55. The number of aryl methyl sites for hydroxylation is 2. The number of halogens is 3. The van der Waals surface area contributed by atoms with Crippen LogP contribution in [0, 0.1) is 13.8 Å². The Balaban J connectivity index is 1.50. The summed E-state index contributed by atoms with van der Waals surface area (Å²) in [4.78, 5) is 39.3. The molecule has 0 spiro atoms. The number of anilines is 3. The fourth-order valence-electron chi connectivity index (χ4n) is 3.35. The van der Waals surface area contributed by atoms with E-state index in [2.05, 4.69) is 10.6 Å². The Morgan fingerprint density at radius 3 is 2.24 bits per heavy atom. The monoisotopic (exact) mass is 513 g/mol. The van der Waals surface area contributed by atoms with Crippen LogP contribution in [0.2, 0.25) is 10.0 Å². The first kappa shape index (κ1) is 23.8. The van der Waals surface area contributed by atoms with Crippen LogP contribution >= 0.6 is 34.8 Å². The average Bonchev–Trinajstić information content (AvgIpc) is 3.02. The lowest BCUT2D eigenvalue weighted by atomic mass is 10.1. The highest BCUT2D eigenvalue weighted by atomic mass is 35.5. The summed E-state index contributed by atoms with van der Waals surface area (Å²) in [7, 11) is 0. The molecular formula is C25H18Cl3N3O3. The molecule has 2 N–H and O–H groups in total. The summed E-state index contributed by atoms with van der Waals surface area (Å²) in [5.41, 5.74) is 3.62. The molecule has 0 bridgehead atoms. The summed E-state index contributed by atoms with van der Waals surface area (Å²) >= 11 is 18.3. The Kier molecular flexibility index (Phi) is 6.66. The normalized spacial score (nSPS) is 13.5. The zero-order chi connectivity index (χ0) is 24.6. The van der Waals surface area contributed by atoms with Gasteiger partial charge in [-0.2, -0.15) is 0 Å². The highest BCUT2D eigenvalue weighted by Crippen LogP contribution is 2.32. The van der Waals surface area contributed by atoms with Crippen LogP contribution in [0.25, 0.3) is 0 Å². The summed E-state index contributed by atoms with van der Waals surface area (Å²) < 4.78 is 0. The maximum absolute atomic E-state index is 13.0. The number of nitrogens with zero attached hydrogens (tertiary/aromatic N) is 1. The second kappa shape index (κ2) is 9.50. The Morgan fingerprint density at radius 2 is 1.56 bits per heavy atom. The number of imide groups is 1. The first-order chi connectivity index (χ1) is 16.2. The van der Waals surface area contributed by atoms with Gasteiger partial charge in [-0.15, -0.1) is 0 Å². The molecule has 3 aromatic carbocycles. The molecule has 6 nitrogen and oxygen atoms in total. The summed E-state index contributed by atoms with van der Waals surface area (Å²) in [6, 6.07) is 16.6. The van der Waals surface area contributed by atoms with E-state index >= 15 is 0 Å². The van der Waals surface area contributed by atoms with E-state index < -0.39 is 11.8 Å². The SMILES string of the molecule is Cc1ccc(N2C(=O)C(Cl)=C(Nc3ccc(C(=O)Nc4cccc(Cl)c4Cl)cc3)C2=O)cc1C. The minimum Gasteiger partial charge on any atom is -0.350 e. The second-order valence-electron chi connectivity index (χ2n) is 7.66. The Labute approximate surface area is 211 Å². The van der Waals surface area contributed by atoms with Crippen molar-refractivity contribution in [2.45, 2.75) is 13.8 Å². The van der Waals surface area contributed by atoms with Gasteiger partial charge >= 0.3 is 0 Å². The molecule has 0 fully saturated rings. The molecule has 3 aromatic rings. The second-order valence-corrected chi connectivity index (χ2v) is 8.82. The van der Waals surface area contributed by atoms with Crippen molar-refractivity contribution in [1.82, 2.24) is 0 Å². The molecule has 172 valence electrons. The van der Waals surface area contributed by atoms with Crippen LogP contribution in [0.5, 0.6) is 0 Å². The van der Waals surface area contributed by atoms with Crippen LogP contribution in [0.3, 0.4) is 0 Å². The van der Waals surface area contributed by atoms with Gasteiger partial charge in [0, 0.05) is 11.3 Å². The van der Waals surface area contributed by atoms with Crippen molar-refractivity contribution in [3.8, 4) is 0 Å². The Hall–Kier alpha value is -3.32. The van der Waals surface area contributed by atoms with E-state index in [4.69, 9.17) is 34.8 Å². The minimum atomic E-state index is -0.605. The number of rotatable bonds is 5. The number of hydrogen-bond donors (Lipinski definition) is 2. The molecule has 3 amide bonds. The molecule has 9 heteroatoms. The molecule has 0 saturated carbocycles. The van der Waals surface area contributed by atoms with Gasteiger partial charge in [-0.25, -0.2) is 4.90 Å². The zero-order valence-electron chi connectivity index (χ0n) is 18.1. The van der Waals surface area contributed by atoms with Crippen LogP contribution < -0.4 is 15.5 Å². The van der Waals surface area contributed by atoms with Crippen molar-refractivity contribution in [2.75, 3.05) is 15.5 Å². The summed E-state index contributed by atoms with van der Waals surface area (Å²) in [6.07, 6.45) is 0. The molecule has 0 unspecified atom stereocenters. The number of carbonyl (C=O) groups excluding carboxylic acids is 3. The van der Waals surface area contributed by atoms with Crippen LogP contribution in [-0.4, -0.2) is 17.7 Å². The number of amides is 3. The largest absolute Gasteiger partial charge is 0.350 e. The number of carbonyl (C=O) groups is 3. The van der Waals surface area contributed by atoms with Gasteiger partial charge in [0.05, 0.1) is 21.4 Å². The topological polar surface area (TPSA) is 78.5 Å². The maximum Gasteiger partial charge on any atom is 0.283 e. The van der Waals surface area contributed by atoms with E-state index in [1.165, 1.54) is 0 Å². The van der Waals surface area contributed by atoms with Gasteiger partial charge in [0.15, 0.2) is 0 Å². The highest BCUT2D eigenvalue weighted by molar-refractivity contribution is 6.53. The van der Waals surface area contributed by atoms with E-state index in [-0.39, 0.29) is 21.7 Å². The number of nitrogens with one attached hydrogen (secondary N) is 2. The van der Waals surface area contributed by atoms with Crippen molar-refractivity contribution in [2.24, 2.45) is 0 Å². The van der Waals surface area contributed by atoms with Gasteiger partial charge in [0.25, 0.3) is 17.7 Å². The van der Waals surface area contributed by atoms with Crippen LogP contribution in [0.4, 0.5) is 17.1 Å². The van der Waals surface area contributed by atoms with Gasteiger partial charge in [-0.05, 0) is 73.5 Å². The molecular weight excluding hydrogens is 497 g/mol. The molecule has 0 saturated heterocycles. The summed E-state index contributed by atoms with van der Waals surface area (Å²) in [5, 5.41) is 5.96. The zero-order valence-corrected chi connectivity index (χ0v) is 20.3. The lowest BCUT2D eigenvalue weighted by Crippen LogP contribution is -2.32. The van der Waals surface area contributed by atoms with Gasteiger partial charge < -0.3 is 10.6 Å². The third-order valence-electron chi connectivity index (χ3n) is 5.39. The van der Waals surface area contributed by atoms with Gasteiger partial charge in [0.1, 0.15) is 10.7 Å². The first-order valence-electron chi connectivity index (χ1n) is 10.2. The fourth-order valence-corrected chi connectivity index (χ4v) is 3.91. The fraction of sp³-hybridized carbons (Fsp3) is 0.0800. The van der Waals surface area contributed by atoms with E-state index in [0.717, 1.165) is 16.0 Å². The quantitative estimate of drug-likeness (QED) is 0.392. The third-order valence-corrected chi connectivity index (χ3v) is 6.56. The van der Waals surface area contributed by atoms with Crippen LogP contribution in [-0.2, 0) is 9.59 Å². The number of hydrogen-bond acceptors (Lipinski definition) is 4. The van der Waals surface area contributed by atoms with E-state index in [1.807, 2.05) is 19.9 Å². The average molecular weight is 515 g/mol. The Morgan fingerprint density at radius 1 is 0.853 bits per heavy atom. The Bertz CT molecular complexity index is 1370. The highest BCUT2D eigenvalue weighted by Gasteiger charge is 2.39. The van der Waals surface area contributed by atoms with E-state index in [9.17, 15) is 14.4 Å². The van der Waals surface area contributed by atoms with E-state index in [0.29, 0.717) is 27.6 Å². The molecule has 1 aliphatic rings. The number of benzene rings is 3. The molecule has 0 aliphatic carbocycles.